The molecule has 1 saturated heterocycles. The van der Waals surface area contributed by atoms with E-state index in [0.29, 0.717) is 5.92 Å². The van der Waals surface area contributed by atoms with E-state index in [9.17, 15) is 0 Å². The van der Waals surface area contributed by atoms with E-state index >= 15 is 0 Å². The molecule has 0 aliphatic carbocycles. The Morgan fingerprint density at radius 1 is 1.20 bits per heavy atom. The van der Waals surface area contributed by atoms with Crippen molar-refractivity contribution in [2.24, 2.45) is 10.9 Å². The molecule has 2 atom stereocenters. The molecular formula is C13H13NO. The Kier molecular flexibility index (Phi) is 2.05. The summed E-state index contributed by atoms with van der Waals surface area (Å²) in [6, 6.07) is 10.7. The maximum absolute atomic E-state index is 5.58. The number of fused-ring (bicyclic) bond motifs is 1. The minimum atomic E-state index is 0.258. The number of hydrogen-bond acceptors (Lipinski definition) is 2. The third-order valence-corrected chi connectivity index (χ3v) is 3.07. The second kappa shape index (κ2) is 3.54. The highest BCUT2D eigenvalue weighted by atomic mass is 16.5. The van der Waals surface area contributed by atoms with Crippen molar-refractivity contribution in [3.63, 3.8) is 0 Å². The molecule has 0 spiro atoms. The Hall–Kier alpha value is -1.57. The Morgan fingerprint density at radius 2 is 2.07 bits per heavy atom. The molecule has 2 heterocycles. The first-order chi connectivity index (χ1) is 7.45. The Labute approximate surface area is 89.3 Å². The third kappa shape index (κ3) is 1.46. The summed E-state index contributed by atoms with van der Waals surface area (Å²) in [5, 5.41) is 0. The minimum Gasteiger partial charge on any atom is -0.497 e. The van der Waals surface area contributed by atoms with Gasteiger partial charge in [-0.15, -0.1) is 0 Å². The maximum Gasteiger partial charge on any atom is 0.103 e. The van der Waals surface area contributed by atoms with Crippen molar-refractivity contribution in [3.8, 4) is 0 Å². The molecule has 0 bridgehead atoms. The molecule has 1 aromatic carbocycles. The number of nitrogens with zero attached hydrogens (tertiary/aromatic N) is 1. The Morgan fingerprint density at radius 3 is 2.93 bits per heavy atom. The number of hydrogen-bond donors (Lipinski definition) is 0. The van der Waals surface area contributed by atoms with Crippen LogP contribution in [0.25, 0.3) is 0 Å². The van der Waals surface area contributed by atoms with E-state index in [1.54, 1.807) is 0 Å². The number of allylic oxidation sites excluding steroid dienone is 1. The highest BCUT2D eigenvalue weighted by Crippen LogP contribution is 2.39. The van der Waals surface area contributed by atoms with Crippen molar-refractivity contribution in [3.05, 3.63) is 47.7 Å². The second-order valence-corrected chi connectivity index (χ2v) is 3.97. The lowest BCUT2D eigenvalue weighted by molar-refractivity contribution is 0.256. The number of ether oxygens (including phenoxy) is 1. The quantitative estimate of drug-likeness (QED) is 0.681. The first kappa shape index (κ1) is 8.72. The third-order valence-electron chi connectivity index (χ3n) is 3.07. The van der Waals surface area contributed by atoms with E-state index < -0.39 is 0 Å². The van der Waals surface area contributed by atoms with Crippen LogP contribution in [-0.2, 0) is 4.74 Å². The summed E-state index contributed by atoms with van der Waals surface area (Å²) in [5.41, 5.74) is 1.29. The smallest absolute Gasteiger partial charge is 0.103 e. The Balaban J connectivity index is 1.95. The second-order valence-electron chi connectivity index (χ2n) is 3.97. The van der Waals surface area contributed by atoms with Gasteiger partial charge < -0.3 is 4.74 Å². The largest absolute Gasteiger partial charge is 0.497 e. The van der Waals surface area contributed by atoms with Gasteiger partial charge in [-0.2, -0.15) is 0 Å². The van der Waals surface area contributed by atoms with Crippen LogP contribution >= 0.6 is 0 Å². The summed E-state index contributed by atoms with van der Waals surface area (Å²) in [5.74, 6) is 1.57. The molecule has 0 N–H and O–H groups in total. The molecule has 0 radical (unpaired) electrons. The lowest BCUT2D eigenvalue weighted by Crippen LogP contribution is -2.13. The van der Waals surface area contributed by atoms with Gasteiger partial charge in [0.05, 0.1) is 12.6 Å². The highest BCUT2D eigenvalue weighted by molar-refractivity contribution is 5.73. The molecule has 0 aromatic heterocycles. The van der Waals surface area contributed by atoms with Crippen LogP contribution < -0.4 is 0 Å². The van der Waals surface area contributed by atoms with Crippen LogP contribution in [0.3, 0.4) is 0 Å². The van der Waals surface area contributed by atoms with Crippen LogP contribution in [-0.4, -0.2) is 12.8 Å². The average molecular weight is 199 g/mol. The first-order valence-electron chi connectivity index (χ1n) is 5.36. The van der Waals surface area contributed by atoms with Gasteiger partial charge >= 0.3 is 0 Å². The summed E-state index contributed by atoms with van der Waals surface area (Å²) >= 11 is 0. The van der Waals surface area contributed by atoms with Gasteiger partial charge in [0.2, 0.25) is 0 Å². The van der Waals surface area contributed by atoms with Crippen LogP contribution in [0, 0.1) is 5.92 Å². The summed E-state index contributed by atoms with van der Waals surface area (Å²) in [6.07, 6.45) is 4.95. The van der Waals surface area contributed by atoms with Gasteiger partial charge in [-0.3, -0.25) is 4.99 Å². The molecule has 76 valence electrons. The predicted octanol–water partition coefficient (Wildman–Crippen LogP) is 2.73. The zero-order chi connectivity index (χ0) is 10.1. The van der Waals surface area contributed by atoms with Crippen molar-refractivity contribution in [2.45, 2.75) is 12.5 Å². The molecule has 2 aliphatic rings. The fourth-order valence-electron chi connectivity index (χ4n) is 2.32. The van der Waals surface area contributed by atoms with Crippen molar-refractivity contribution in [1.82, 2.24) is 0 Å². The normalized spacial score (nSPS) is 28.1. The fourth-order valence-corrected chi connectivity index (χ4v) is 2.32. The lowest BCUT2D eigenvalue weighted by Gasteiger charge is -2.22. The highest BCUT2D eigenvalue weighted by Gasteiger charge is 2.32. The van der Waals surface area contributed by atoms with Gasteiger partial charge in [0, 0.05) is 12.1 Å². The fraction of sp³-hybridized carbons (Fsp3) is 0.308. The van der Waals surface area contributed by atoms with Crippen molar-refractivity contribution in [2.75, 3.05) is 6.61 Å². The molecular weight excluding hydrogens is 186 g/mol. The van der Waals surface area contributed by atoms with Crippen LogP contribution in [0.5, 0.6) is 0 Å². The van der Waals surface area contributed by atoms with Crippen molar-refractivity contribution in [1.29, 1.82) is 0 Å². The number of rotatable bonds is 1. The monoisotopic (exact) mass is 199 g/mol. The molecule has 2 aliphatic heterocycles. The van der Waals surface area contributed by atoms with Gasteiger partial charge in [-0.25, -0.2) is 0 Å². The van der Waals surface area contributed by atoms with E-state index in [2.05, 4.69) is 29.3 Å². The topological polar surface area (TPSA) is 21.6 Å². The molecule has 0 saturated carbocycles. The average Bonchev–Trinajstić information content (AvgIpc) is 2.78. The zero-order valence-electron chi connectivity index (χ0n) is 8.47. The molecule has 1 aromatic rings. The van der Waals surface area contributed by atoms with Gasteiger partial charge in [0.25, 0.3) is 0 Å². The van der Waals surface area contributed by atoms with Crippen molar-refractivity contribution < 1.29 is 4.74 Å². The minimum absolute atomic E-state index is 0.258. The van der Waals surface area contributed by atoms with Crippen LogP contribution in [0.1, 0.15) is 18.0 Å². The van der Waals surface area contributed by atoms with Crippen LogP contribution in [0.2, 0.25) is 0 Å². The van der Waals surface area contributed by atoms with E-state index in [4.69, 9.17) is 4.74 Å². The van der Waals surface area contributed by atoms with E-state index in [-0.39, 0.29) is 6.04 Å². The van der Waals surface area contributed by atoms with Gasteiger partial charge in [0.15, 0.2) is 0 Å². The molecule has 0 amide bonds. The molecule has 2 unspecified atom stereocenters. The lowest BCUT2D eigenvalue weighted by atomic mass is 9.89. The summed E-state index contributed by atoms with van der Waals surface area (Å²) < 4.78 is 5.58. The summed E-state index contributed by atoms with van der Waals surface area (Å²) in [4.78, 5) is 4.56. The van der Waals surface area contributed by atoms with E-state index in [1.165, 1.54) is 5.56 Å². The standard InChI is InChI=1S/C13H13NO/c1-2-4-10(5-3-1)13-11-7-9-15-12(11)6-8-14-13/h1-6,8,11,13H,7,9H2. The van der Waals surface area contributed by atoms with Crippen LogP contribution in [0.15, 0.2) is 47.2 Å². The number of benzene rings is 1. The van der Waals surface area contributed by atoms with Gasteiger partial charge in [0.1, 0.15) is 5.76 Å². The molecule has 15 heavy (non-hydrogen) atoms. The zero-order valence-corrected chi connectivity index (χ0v) is 8.47. The van der Waals surface area contributed by atoms with Crippen LogP contribution in [0.4, 0.5) is 0 Å². The maximum atomic E-state index is 5.58. The summed E-state index contributed by atoms with van der Waals surface area (Å²) in [7, 11) is 0. The number of dihydropyridines is 1. The van der Waals surface area contributed by atoms with Gasteiger partial charge in [-0.1, -0.05) is 30.3 Å². The Bertz CT molecular complexity index is 408. The van der Waals surface area contributed by atoms with Crippen molar-refractivity contribution >= 4 is 6.21 Å². The first-order valence-corrected chi connectivity index (χ1v) is 5.36. The molecule has 2 nitrogen and oxygen atoms in total. The predicted molar refractivity (Wildman–Crippen MR) is 59.8 cm³/mol. The SMILES string of the molecule is C1=NC(c2ccccc2)C2CCOC2=C1. The van der Waals surface area contributed by atoms with Gasteiger partial charge in [-0.05, 0) is 18.1 Å². The molecule has 1 fully saturated rings. The number of aliphatic imine (C=N–C) groups is 1. The molecule has 3 rings (SSSR count). The van der Waals surface area contributed by atoms with E-state index in [1.807, 2.05) is 18.4 Å². The summed E-state index contributed by atoms with van der Waals surface area (Å²) in [6.45, 7) is 0.837. The van der Waals surface area contributed by atoms with E-state index in [0.717, 1.165) is 18.8 Å². The molecule has 2 heteroatoms.